The molecule has 0 amide bonds. The van der Waals surface area contributed by atoms with Gasteiger partial charge in [0.15, 0.2) is 0 Å². The van der Waals surface area contributed by atoms with E-state index in [1.807, 2.05) is 73.1 Å². The predicted molar refractivity (Wildman–Crippen MR) is 119 cm³/mol. The highest BCUT2D eigenvalue weighted by atomic mass is 16.5. The summed E-state index contributed by atoms with van der Waals surface area (Å²) in [7, 11) is 1.64. The summed E-state index contributed by atoms with van der Waals surface area (Å²) < 4.78 is 13.6. The van der Waals surface area contributed by atoms with Crippen LogP contribution in [0.3, 0.4) is 0 Å². The van der Waals surface area contributed by atoms with Crippen LogP contribution in [0.5, 0.6) is 17.4 Å². The Balaban J connectivity index is 2.03. The fourth-order valence-corrected chi connectivity index (χ4v) is 3.49. The number of hydrogen-bond acceptors (Lipinski definition) is 5. The maximum atomic E-state index is 9.93. The van der Waals surface area contributed by atoms with Gasteiger partial charge in [0, 0.05) is 19.2 Å². The zero-order chi connectivity index (χ0) is 21.5. The van der Waals surface area contributed by atoms with Crippen LogP contribution in [0, 0.1) is 6.92 Å². The first-order valence-corrected chi connectivity index (χ1v) is 10.4. The number of nitrogens with zero attached hydrogens (tertiary/aromatic N) is 3. The summed E-state index contributed by atoms with van der Waals surface area (Å²) in [6, 6.07) is 17.5. The normalized spacial score (nSPS) is 12.2. The molecule has 1 N–H and O–H groups in total. The summed E-state index contributed by atoms with van der Waals surface area (Å²) in [6.45, 7) is 8.10. The first-order valence-electron chi connectivity index (χ1n) is 10.4. The third-order valence-electron chi connectivity index (χ3n) is 4.84. The second-order valence-corrected chi connectivity index (χ2v) is 7.48. The molecule has 0 aliphatic rings. The molecule has 1 atom stereocenters. The Hall–Kier alpha value is -2.83. The number of para-hydroxylation sites is 1. The molecule has 0 aliphatic heterocycles. The maximum absolute atomic E-state index is 9.93. The van der Waals surface area contributed by atoms with Crippen LogP contribution < -0.4 is 9.47 Å². The van der Waals surface area contributed by atoms with E-state index >= 15 is 0 Å². The van der Waals surface area contributed by atoms with Crippen molar-refractivity contribution >= 4 is 0 Å². The molecule has 0 saturated heterocycles. The number of aromatic nitrogens is 2. The number of hydrogen-bond donors (Lipinski definition) is 1. The van der Waals surface area contributed by atoms with E-state index in [0.717, 1.165) is 35.7 Å². The molecule has 1 heterocycles. The van der Waals surface area contributed by atoms with E-state index in [-0.39, 0.29) is 0 Å². The molecule has 6 heteroatoms. The fraction of sp³-hybridized carbons (Fsp3) is 0.375. The van der Waals surface area contributed by atoms with E-state index < -0.39 is 6.10 Å². The number of aliphatic hydroxyl groups is 1. The quantitative estimate of drug-likeness (QED) is 0.531. The molecule has 0 bridgehead atoms. The zero-order valence-corrected chi connectivity index (χ0v) is 18.2. The number of methoxy groups -OCH3 is 1. The van der Waals surface area contributed by atoms with E-state index in [2.05, 4.69) is 11.8 Å². The molecule has 3 aromatic rings. The molecule has 0 fully saturated rings. The second kappa shape index (κ2) is 10.3. The van der Waals surface area contributed by atoms with Crippen molar-refractivity contribution < 1.29 is 14.6 Å². The lowest BCUT2D eigenvalue weighted by Gasteiger charge is -2.23. The van der Waals surface area contributed by atoms with Gasteiger partial charge in [-0.15, -0.1) is 0 Å². The van der Waals surface area contributed by atoms with Gasteiger partial charge in [-0.3, -0.25) is 4.90 Å². The first kappa shape index (κ1) is 21.9. The van der Waals surface area contributed by atoms with Crippen LogP contribution in [0.15, 0.2) is 54.6 Å². The highest BCUT2D eigenvalue weighted by molar-refractivity contribution is 5.44. The molecular formula is C24H31N3O3. The molecule has 0 unspecified atom stereocenters. The highest BCUT2D eigenvalue weighted by Gasteiger charge is 2.22. The molecule has 3 rings (SSSR count). The van der Waals surface area contributed by atoms with Crippen LogP contribution in [-0.4, -0.2) is 46.1 Å². The summed E-state index contributed by atoms with van der Waals surface area (Å²) in [5, 5.41) is 14.7. The van der Waals surface area contributed by atoms with Gasteiger partial charge < -0.3 is 14.6 Å². The number of rotatable bonds is 10. The van der Waals surface area contributed by atoms with Gasteiger partial charge in [-0.05, 0) is 51.1 Å². The van der Waals surface area contributed by atoms with Gasteiger partial charge in [-0.2, -0.15) is 5.10 Å². The minimum atomic E-state index is -0.399. The minimum Gasteiger partial charge on any atom is -0.497 e. The Bertz CT molecular complexity index is 938. The monoisotopic (exact) mass is 409 g/mol. The predicted octanol–water partition coefficient (Wildman–Crippen LogP) is 4.57. The standard InChI is InChI=1S/C24H31N3O3/c1-5-14-26(16-18(2)28)17-23-19(3)25-27(20-10-7-6-8-11-20)24(23)30-22-13-9-12-21(15-22)29-4/h6-13,15,18,28H,5,14,16-17H2,1-4H3/t18-/m0/s1. The Morgan fingerprint density at radius 2 is 1.83 bits per heavy atom. The Morgan fingerprint density at radius 1 is 1.10 bits per heavy atom. The topological polar surface area (TPSA) is 59.8 Å². The van der Waals surface area contributed by atoms with Crippen LogP contribution in [0.4, 0.5) is 0 Å². The lowest BCUT2D eigenvalue weighted by molar-refractivity contribution is 0.122. The minimum absolute atomic E-state index is 0.399. The molecule has 0 radical (unpaired) electrons. The third kappa shape index (κ3) is 5.40. The van der Waals surface area contributed by atoms with E-state index in [9.17, 15) is 5.11 Å². The molecule has 0 saturated carbocycles. The molecule has 0 spiro atoms. The molecular weight excluding hydrogens is 378 g/mol. The molecule has 30 heavy (non-hydrogen) atoms. The van der Waals surface area contributed by atoms with Gasteiger partial charge in [0.2, 0.25) is 5.88 Å². The number of aliphatic hydroxyl groups excluding tert-OH is 1. The Morgan fingerprint density at radius 3 is 2.50 bits per heavy atom. The maximum Gasteiger partial charge on any atom is 0.227 e. The summed E-state index contributed by atoms with van der Waals surface area (Å²) >= 11 is 0. The fourth-order valence-electron chi connectivity index (χ4n) is 3.49. The average molecular weight is 410 g/mol. The Labute approximate surface area is 178 Å². The van der Waals surface area contributed by atoms with Crippen molar-refractivity contribution in [2.75, 3.05) is 20.2 Å². The molecule has 2 aromatic carbocycles. The van der Waals surface area contributed by atoms with Crippen molar-refractivity contribution in [1.29, 1.82) is 0 Å². The van der Waals surface area contributed by atoms with Gasteiger partial charge in [0.25, 0.3) is 0 Å². The summed E-state index contributed by atoms with van der Waals surface area (Å²) in [5.41, 5.74) is 2.85. The lowest BCUT2D eigenvalue weighted by Crippen LogP contribution is -2.31. The van der Waals surface area contributed by atoms with Gasteiger partial charge in [0.05, 0.1) is 30.2 Å². The van der Waals surface area contributed by atoms with Gasteiger partial charge in [-0.1, -0.05) is 31.2 Å². The van der Waals surface area contributed by atoms with E-state index in [1.165, 1.54) is 0 Å². The largest absolute Gasteiger partial charge is 0.497 e. The van der Waals surface area contributed by atoms with E-state index in [0.29, 0.717) is 24.7 Å². The van der Waals surface area contributed by atoms with Gasteiger partial charge in [0.1, 0.15) is 11.5 Å². The summed E-state index contributed by atoms with van der Waals surface area (Å²) in [6.07, 6.45) is 0.605. The SMILES string of the molecule is CCCN(Cc1c(C)nn(-c2ccccc2)c1Oc1cccc(OC)c1)C[C@H](C)O. The van der Waals surface area contributed by atoms with Crippen LogP contribution in [0.1, 0.15) is 31.5 Å². The zero-order valence-electron chi connectivity index (χ0n) is 18.2. The second-order valence-electron chi connectivity index (χ2n) is 7.48. The summed E-state index contributed by atoms with van der Waals surface area (Å²) in [4.78, 5) is 2.24. The van der Waals surface area contributed by atoms with Crippen molar-refractivity contribution in [3.05, 3.63) is 65.9 Å². The highest BCUT2D eigenvalue weighted by Crippen LogP contribution is 2.33. The average Bonchev–Trinajstić information content (AvgIpc) is 3.04. The molecule has 160 valence electrons. The van der Waals surface area contributed by atoms with Crippen LogP contribution in [0.25, 0.3) is 5.69 Å². The summed E-state index contributed by atoms with van der Waals surface area (Å²) in [5.74, 6) is 2.10. The molecule has 0 aliphatic carbocycles. The van der Waals surface area contributed by atoms with Gasteiger partial charge in [-0.25, -0.2) is 4.68 Å². The lowest BCUT2D eigenvalue weighted by atomic mass is 10.2. The van der Waals surface area contributed by atoms with Crippen molar-refractivity contribution in [3.8, 4) is 23.1 Å². The molecule has 6 nitrogen and oxygen atoms in total. The van der Waals surface area contributed by atoms with E-state index in [1.54, 1.807) is 7.11 Å². The van der Waals surface area contributed by atoms with Crippen molar-refractivity contribution in [1.82, 2.24) is 14.7 Å². The molecule has 1 aromatic heterocycles. The number of ether oxygens (including phenoxy) is 2. The first-order chi connectivity index (χ1) is 14.5. The van der Waals surface area contributed by atoms with Gasteiger partial charge >= 0.3 is 0 Å². The van der Waals surface area contributed by atoms with Crippen molar-refractivity contribution in [2.24, 2.45) is 0 Å². The van der Waals surface area contributed by atoms with Crippen molar-refractivity contribution in [2.45, 2.75) is 39.8 Å². The van der Waals surface area contributed by atoms with Crippen LogP contribution in [-0.2, 0) is 6.54 Å². The number of aryl methyl sites for hydroxylation is 1. The smallest absolute Gasteiger partial charge is 0.227 e. The van der Waals surface area contributed by atoms with Crippen LogP contribution in [0.2, 0.25) is 0 Å². The third-order valence-corrected chi connectivity index (χ3v) is 4.84. The van der Waals surface area contributed by atoms with E-state index in [4.69, 9.17) is 14.6 Å². The number of benzene rings is 2. The van der Waals surface area contributed by atoms with Crippen molar-refractivity contribution in [3.63, 3.8) is 0 Å². The van der Waals surface area contributed by atoms with Crippen LogP contribution >= 0.6 is 0 Å². The Kier molecular flexibility index (Phi) is 7.49.